The van der Waals surface area contributed by atoms with Crippen molar-refractivity contribution >= 4 is 41.7 Å². The molecule has 2 N–H and O–H groups in total. The summed E-state index contributed by atoms with van der Waals surface area (Å²) in [4.78, 5) is 4.80. The second-order valence-corrected chi connectivity index (χ2v) is 8.35. The number of benzene rings is 1. The average Bonchev–Trinajstić information content (AvgIpc) is 3.08. The molecular formula is C22H37IN6S. The van der Waals surface area contributed by atoms with Crippen LogP contribution in [0.5, 0.6) is 0 Å². The van der Waals surface area contributed by atoms with E-state index in [4.69, 9.17) is 4.99 Å². The van der Waals surface area contributed by atoms with E-state index < -0.39 is 0 Å². The van der Waals surface area contributed by atoms with E-state index in [0.717, 1.165) is 55.7 Å². The SMILES string of the molecule is CCC(CC)(CNC(=NCc1nnc(C)n1C)NCCCSC)c1ccccc1.I. The fourth-order valence-electron chi connectivity index (χ4n) is 3.39. The van der Waals surface area contributed by atoms with Gasteiger partial charge in [0.2, 0.25) is 0 Å². The summed E-state index contributed by atoms with van der Waals surface area (Å²) >= 11 is 1.87. The normalized spacial score (nSPS) is 11.8. The van der Waals surface area contributed by atoms with Crippen LogP contribution in [0.15, 0.2) is 35.3 Å². The van der Waals surface area contributed by atoms with Gasteiger partial charge >= 0.3 is 0 Å². The van der Waals surface area contributed by atoms with Crippen molar-refractivity contribution in [3.63, 3.8) is 0 Å². The molecule has 30 heavy (non-hydrogen) atoms. The quantitative estimate of drug-likeness (QED) is 0.191. The monoisotopic (exact) mass is 544 g/mol. The summed E-state index contributed by atoms with van der Waals surface area (Å²) in [5, 5.41) is 15.5. The number of hydrogen-bond acceptors (Lipinski definition) is 4. The van der Waals surface area contributed by atoms with Crippen molar-refractivity contribution in [2.75, 3.05) is 25.1 Å². The largest absolute Gasteiger partial charge is 0.356 e. The first-order valence-corrected chi connectivity index (χ1v) is 11.9. The lowest BCUT2D eigenvalue weighted by atomic mass is 9.76. The predicted molar refractivity (Wildman–Crippen MR) is 140 cm³/mol. The first-order chi connectivity index (χ1) is 14.1. The molecule has 1 heterocycles. The summed E-state index contributed by atoms with van der Waals surface area (Å²) in [7, 11) is 1.98. The van der Waals surface area contributed by atoms with Crippen LogP contribution in [0.3, 0.4) is 0 Å². The summed E-state index contributed by atoms with van der Waals surface area (Å²) in [6.07, 6.45) is 5.39. The summed E-state index contributed by atoms with van der Waals surface area (Å²) in [5.41, 5.74) is 1.47. The second-order valence-electron chi connectivity index (χ2n) is 7.37. The third-order valence-electron chi connectivity index (χ3n) is 5.71. The number of thioether (sulfide) groups is 1. The highest BCUT2D eigenvalue weighted by Crippen LogP contribution is 2.30. The van der Waals surface area contributed by atoms with Crippen LogP contribution in [-0.2, 0) is 19.0 Å². The molecule has 0 spiro atoms. The standard InChI is InChI=1S/C22H36N6S.HI/c1-6-22(7-2,19-12-9-8-10-13-19)17-25-21(23-14-11-15-29-5)24-16-20-27-26-18(3)28(20)4;/h8-10,12-13H,6-7,11,14-17H2,1-5H3,(H2,23,24,25);1H. The molecule has 0 amide bonds. The Morgan fingerprint density at radius 2 is 1.83 bits per heavy atom. The number of nitrogens with zero attached hydrogens (tertiary/aromatic N) is 4. The third kappa shape index (κ3) is 7.44. The van der Waals surface area contributed by atoms with Gasteiger partial charge in [0.1, 0.15) is 12.4 Å². The molecule has 0 bridgehead atoms. The number of aromatic nitrogens is 3. The molecule has 0 fully saturated rings. The third-order valence-corrected chi connectivity index (χ3v) is 6.41. The Labute approximate surface area is 203 Å². The summed E-state index contributed by atoms with van der Waals surface area (Å²) in [6, 6.07) is 10.8. The van der Waals surface area contributed by atoms with Crippen LogP contribution in [-0.4, -0.2) is 45.8 Å². The molecule has 1 aromatic carbocycles. The topological polar surface area (TPSA) is 67.1 Å². The molecule has 0 aliphatic heterocycles. The molecule has 8 heteroatoms. The van der Waals surface area contributed by atoms with Gasteiger partial charge in [-0.2, -0.15) is 11.8 Å². The summed E-state index contributed by atoms with van der Waals surface area (Å²) in [5.74, 6) is 3.75. The Morgan fingerprint density at radius 1 is 1.13 bits per heavy atom. The number of halogens is 1. The van der Waals surface area contributed by atoms with E-state index >= 15 is 0 Å². The van der Waals surface area contributed by atoms with Crippen LogP contribution in [0.1, 0.15) is 50.3 Å². The van der Waals surface area contributed by atoms with E-state index in [-0.39, 0.29) is 29.4 Å². The molecule has 0 saturated heterocycles. The van der Waals surface area contributed by atoms with Crippen LogP contribution in [0.4, 0.5) is 0 Å². The molecule has 0 aliphatic carbocycles. The van der Waals surface area contributed by atoms with Gasteiger partial charge in [-0.1, -0.05) is 44.2 Å². The highest BCUT2D eigenvalue weighted by Gasteiger charge is 2.28. The van der Waals surface area contributed by atoms with E-state index in [0.29, 0.717) is 6.54 Å². The highest BCUT2D eigenvalue weighted by molar-refractivity contribution is 14.0. The molecule has 168 valence electrons. The second kappa shape index (κ2) is 13.9. The Balaban J connectivity index is 0.00000450. The minimum absolute atomic E-state index is 0. The minimum Gasteiger partial charge on any atom is -0.356 e. The molecule has 0 saturated carbocycles. The van der Waals surface area contributed by atoms with Gasteiger partial charge in [-0.15, -0.1) is 34.2 Å². The van der Waals surface area contributed by atoms with Gasteiger partial charge in [-0.3, -0.25) is 0 Å². The molecule has 0 aliphatic rings. The van der Waals surface area contributed by atoms with Crippen molar-refractivity contribution < 1.29 is 0 Å². The first kappa shape index (κ1) is 26.7. The predicted octanol–water partition coefficient (Wildman–Crippen LogP) is 4.29. The van der Waals surface area contributed by atoms with Gasteiger partial charge < -0.3 is 15.2 Å². The molecule has 2 rings (SSSR count). The van der Waals surface area contributed by atoms with E-state index in [2.05, 4.69) is 71.3 Å². The Kier molecular flexibility index (Phi) is 12.4. The fraction of sp³-hybridized carbons (Fsp3) is 0.591. The van der Waals surface area contributed by atoms with Gasteiger partial charge in [-0.25, -0.2) is 4.99 Å². The van der Waals surface area contributed by atoms with E-state index in [1.54, 1.807) is 0 Å². The molecule has 0 atom stereocenters. The molecule has 0 radical (unpaired) electrons. The maximum Gasteiger partial charge on any atom is 0.191 e. The van der Waals surface area contributed by atoms with Crippen molar-refractivity contribution in [3.8, 4) is 0 Å². The van der Waals surface area contributed by atoms with Crippen molar-refractivity contribution in [3.05, 3.63) is 47.5 Å². The molecule has 0 unspecified atom stereocenters. The first-order valence-electron chi connectivity index (χ1n) is 10.5. The van der Waals surface area contributed by atoms with Crippen LogP contribution in [0.25, 0.3) is 0 Å². The zero-order valence-corrected chi connectivity index (χ0v) is 22.1. The zero-order valence-electron chi connectivity index (χ0n) is 18.9. The lowest BCUT2D eigenvalue weighted by Crippen LogP contribution is -2.45. The van der Waals surface area contributed by atoms with Gasteiger partial charge in [0.15, 0.2) is 11.8 Å². The van der Waals surface area contributed by atoms with Crippen molar-refractivity contribution in [2.45, 2.75) is 52.0 Å². The van der Waals surface area contributed by atoms with Crippen molar-refractivity contribution in [1.29, 1.82) is 0 Å². The number of nitrogens with one attached hydrogen (secondary N) is 2. The molecule has 2 aromatic rings. The molecule has 6 nitrogen and oxygen atoms in total. The number of hydrogen-bond donors (Lipinski definition) is 2. The summed E-state index contributed by atoms with van der Waals surface area (Å²) in [6.45, 7) is 8.74. The summed E-state index contributed by atoms with van der Waals surface area (Å²) < 4.78 is 1.99. The number of aryl methyl sites for hydroxylation is 1. The van der Waals surface area contributed by atoms with E-state index in [9.17, 15) is 0 Å². The molecular weight excluding hydrogens is 507 g/mol. The number of aliphatic imine (C=N–C) groups is 1. The number of guanidine groups is 1. The highest BCUT2D eigenvalue weighted by atomic mass is 127. The van der Waals surface area contributed by atoms with Gasteiger partial charge in [0.25, 0.3) is 0 Å². The van der Waals surface area contributed by atoms with Gasteiger partial charge in [0.05, 0.1) is 0 Å². The van der Waals surface area contributed by atoms with Gasteiger partial charge in [0, 0.05) is 25.6 Å². The van der Waals surface area contributed by atoms with Crippen LogP contribution >= 0.6 is 35.7 Å². The van der Waals surface area contributed by atoms with E-state index in [1.807, 2.05) is 30.3 Å². The Hall–Kier alpha value is -1.29. The average molecular weight is 545 g/mol. The maximum absolute atomic E-state index is 4.80. The number of rotatable bonds is 11. The van der Waals surface area contributed by atoms with Crippen LogP contribution < -0.4 is 10.6 Å². The lowest BCUT2D eigenvalue weighted by molar-refractivity contribution is 0.389. The van der Waals surface area contributed by atoms with Crippen molar-refractivity contribution in [2.24, 2.45) is 12.0 Å². The van der Waals surface area contributed by atoms with E-state index in [1.165, 1.54) is 5.56 Å². The molecule has 1 aromatic heterocycles. The van der Waals surface area contributed by atoms with Crippen molar-refractivity contribution in [1.82, 2.24) is 25.4 Å². The van der Waals surface area contributed by atoms with Crippen LogP contribution in [0.2, 0.25) is 0 Å². The maximum atomic E-state index is 4.80. The minimum atomic E-state index is 0. The fourth-order valence-corrected chi connectivity index (χ4v) is 3.82. The zero-order chi connectivity index (χ0) is 21.1. The van der Waals surface area contributed by atoms with Gasteiger partial charge in [-0.05, 0) is 43.8 Å². The Morgan fingerprint density at radius 3 is 2.40 bits per heavy atom. The smallest absolute Gasteiger partial charge is 0.191 e. The van der Waals surface area contributed by atoms with Crippen LogP contribution in [0, 0.1) is 6.92 Å². The Bertz CT molecular complexity index is 758. The lowest BCUT2D eigenvalue weighted by Gasteiger charge is -2.33.